The normalized spacial score (nSPS) is 14.9. The number of rotatable bonds is 8. The molecular weight excluding hydrogens is 302 g/mol. The summed E-state index contributed by atoms with van der Waals surface area (Å²) in [4.78, 5) is 14.1. The maximum Gasteiger partial charge on any atom is 0.315 e. The SMILES string of the molecule is CCC(CC)C(O)CNC(=O)NCc1ccc(N2CC=CC2)cc1. The molecule has 1 aliphatic rings. The molecule has 0 aromatic heterocycles. The van der Waals surface area contributed by atoms with Crippen molar-refractivity contribution in [1.82, 2.24) is 10.6 Å². The Morgan fingerprint density at radius 1 is 1.12 bits per heavy atom. The molecule has 3 N–H and O–H groups in total. The first-order valence-corrected chi connectivity index (χ1v) is 8.82. The lowest BCUT2D eigenvalue weighted by molar-refractivity contribution is 0.103. The van der Waals surface area contributed by atoms with E-state index in [4.69, 9.17) is 0 Å². The number of nitrogens with zero attached hydrogens (tertiary/aromatic N) is 1. The Hall–Kier alpha value is -2.01. The summed E-state index contributed by atoms with van der Waals surface area (Å²) in [5.74, 6) is 0.234. The van der Waals surface area contributed by atoms with Gasteiger partial charge in [0.2, 0.25) is 0 Å². The second kappa shape index (κ2) is 9.33. The van der Waals surface area contributed by atoms with Gasteiger partial charge in [0.15, 0.2) is 0 Å². The zero-order chi connectivity index (χ0) is 17.4. The van der Waals surface area contributed by atoms with Gasteiger partial charge in [-0.15, -0.1) is 0 Å². The number of benzene rings is 1. The van der Waals surface area contributed by atoms with E-state index >= 15 is 0 Å². The summed E-state index contributed by atoms with van der Waals surface area (Å²) in [6.45, 7) is 6.79. The molecule has 5 nitrogen and oxygen atoms in total. The van der Waals surface area contributed by atoms with Crippen LogP contribution in [0.25, 0.3) is 0 Å². The van der Waals surface area contributed by atoms with Crippen LogP contribution in [0.4, 0.5) is 10.5 Å². The van der Waals surface area contributed by atoms with Crippen molar-refractivity contribution in [2.24, 2.45) is 5.92 Å². The first-order chi connectivity index (χ1) is 11.6. The maximum atomic E-state index is 11.8. The quantitative estimate of drug-likeness (QED) is 0.642. The molecule has 0 bridgehead atoms. The molecule has 1 aromatic carbocycles. The monoisotopic (exact) mass is 331 g/mol. The Kier molecular flexibility index (Phi) is 7.12. The lowest BCUT2D eigenvalue weighted by Crippen LogP contribution is -2.41. The molecular formula is C19H29N3O2. The van der Waals surface area contributed by atoms with Crippen LogP contribution < -0.4 is 15.5 Å². The molecule has 0 spiro atoms. The van der Waals surface area contributed by atoms with Gasteiger partial charge in [-0.05, 0) is 23.6 Å². The van der Waals surface area contributed by atoms with E-state index in [-0.39, 0.29) is 11.9 Å². The van der Waals surface area contributed by atoms with Crippen LogP contribution in [0.2, 0.25) is 0 Å². The lowest BCUT2D eigenvalue weighted by Gasteiger charge is -2.20. The van der Waals surface area contributed by atoms with E-state index in [2.05, 4.69) is 53.7 Å². The molecule has 1 atom stereocenters. The van der Waals surface area contributed by atoms with Crippen molar-refractivity contribution < 1.29 is 9.90 Å². The largest absolute Gasteiger partial charge is 0.391 e. The fourth-order valence-corrected chi connectivity index (χ4v) is 2.96. The fraction of sp³-hybridized carbons (Fsp3) is 0.526. The minimum atomic E-state index is -0.487. The van der Waals surface area contributed by atoms with Gasteiger partial charge >= 0.3 is 6.03 Å². The van der Waals surface area contributed by atoms with Crippen LogP contribution in [-0.4, -0.2) is 36.9 Å². The van der Waals surface area contributed by atoms with E-state index in [1.165, 1.54) is 5.69 Å². The Morgan fingerprint density at radius 3 is 2.33 bits per heavy atom. The number of hydrogen-bond donors (Lipinski definition) is 3. The second-order valence-corrected chi connectivity index (χ2v) is 6.25. The Balaban J connectivity index is 1.71. The number of nitrogens with one attached hydrogen (secondary N) is 2. The Bertz CT molecular complexity index is 530. The van der Waals surface area contributed by atoms with Gasteiger partial charge < -0.3 is 20.6 Å². The van der Waals surface area contributed by atoms with Crippen LogP contribution in [0, 0.1) is 5.92 Å². The van der Waals surface area contributed by atoms with E-state index in [1.54, 1.807) is 0 Å². The average Bonchev–Trinajstić information content (AvgIpc) is 3.14. The van der Waals surface area contributed by atoms with Crippen molar-refractivity contribution in [3.05, 3.63) is 42.0 Å². The number of hydrogen-bond acceptors (Lipinski definition) is 3. The van der Waals surface area contributed by atoms with Crippen LogP contribution in [0.3, 0.4) is 0 Å². The molecule has 0 radical (unpaired) electrons. The predicted molar refractivity (Wildman–Crippen MR) is 98.1 cm³/mol. The third kappa shape index (κ3) is 5.27. The van der Waals surface area contributed by atoms with Gasteiger partial charge in [0.05, 0.1) is 6.10 Å². The standard InChI is InChI=1S/C19H29N3O2/c1-3-16(4-2)18(23)14-21-19(24)20-13-15-7-9-17(10-8-15)22-11-5-6-12-22/h5-10,16,18,23H,3-4,11-14H2,1-2H3,(H2,20,21,24). The molecule has 0 saturated heterocycles. The smallest absolute Gasteiger partial charge is 0.315 e. The molecule has 1 heterocycles. The van der Waals surface area contributed by atoms with E-state index < -0.39 is 6.10 Å². The first-order valence-electron chi connectivity index (χ1n) is 8.82. The van der Waals surface area contributed by atoms with Gasteiger partial charge in [-0.3, -0.25) is 0 Å². The zero-order valence-corrected chi connectivity index (χ0v) is 14.7. The third-order valence-electron chi connectivity index (χ3n) is 4.64. The van der Waals surface area contributed by atoms with Crippen LogP contribution in [-0.2, 0) is 6.54 Å². The van der Waals surface area contributed by atoms with E-state index in [1.807, 2.05) is 12.1 Å². The number of urea groups is 1. The summed E-state index contributed by atoms with van der Waals surface area (Å²) >= 11 is 0. The molecule has 0 fully saturated rings. The van der Waals surface area contributed by atoms with Gasteiger partial charge in [-0.2, -0.15) is 0 Å². The summed E-state index contributed by atoms with van der Waals surface area (Å²) in [5.41, 5.74) is 2.25. The summed E-state index contributed by atoms with van der Waals surface area (Å²) in [6.07, 6.45) is 5.67. The third-order valence-corrected chi connectivity index (χ3v) is 4.64. The number of aliphatic hydroxyl groups is 1. The second-order valence-electron chi connectivity index (χ2n) is 6.25. The van der Waals surface area contributed by atoms with Gasteiger partial charge in [0, 0.05) is 31.9 Å². The van der Waals surface area contributed by atoms with Gasteiger partial charge in [-0.1, -0.05) is 51.0 Å². The lowest BCUT2D eigenvalue weighted by atomic mass is 9.97. The van der Waals surface area contributed by atoms with E-state index in [0.717, 1.165) is 31.5 Å². The molecule has 5 heteroatoms. The van der Waals surface area contributed by atoms with Crippen molar-refractivity contribution in [3.63, 3.8) is 0 Å². The van der Waals surface area contributed by atoms with Crippen molar-refractivity contribution in [1.29, 1.82) is 0 Å². The summed E-state index contributed by atoms with van der Waals surface area (Å²) < 4.78 is 0. The zero-order valence-electron chi connectivity index (χ0n) is 14.7. The first kappa shape index (κ1) is 18.3. The molecule has 1 aromatic rings. The number of carbonyl (C=O) groups is 1. The van der Waals surface area contributed by atoms with Gasteiger partial charge in [-0.25, -0.2) is 4.79 Å². The highest BCUT2D eigenvalue weighted by atomic mass is 16.3. The summed E-state index contributed by atoms with van der Waals surface area (Å²) in [6, 6.07) is 7.99. The van der Waals surface area contributed by atoms with E-state index in [0.29, 0.717) is 13.1 Å². The molecule has 24 heavy (non-hydrogen) atoms. The van der Waals surface area contributed by atoms with Crippen LogP contribution >= 0.6 is 0 Å². The summed E-state index contributed by atoms with van der Waals surface area (Å²) in [7, 11) is 0. The highest BCUT2D eigenvalue weighted by Gasteiger charge is 2.16. The minimum Gasteiger partial charge on any atom is -0.391 e. The molecule has 1 unspecified atom stereocenters. The van der Waals surface area contributed by atoms with Crippen LogP contribution in [0.5, 0.6) is 0 Å². The number of carbonyl (C=O) groups excluding carboxylic acids is 1. The Morgan fingerprint density at radius 2 is 1.75 bits per heavy atom. The van der Waals surface area contributed by atoms with Crippen molar-refractivity contribution in [2.75, 3.05) is 24.5 Å². The van der Waals surface area contributed by atoms with Crippen molar-refractivity contribution in [3.8, 4) is 0 Å². The van der Waals surface area contributed by atoms with Crippen LogP contribution in [0.1, 0.15) is 32.3 Å². The highest BCUT2D eigenvalue weighted by molar-refractivity contribution is 5.73. The average molecular weight is 331 g/mol. The highest BCUT2D eigenvalue weighted by Crippen LogP contribution is 2.17. The Labute approximate surface area is 144 Å². The van der Waals surface area contributed by atoms with Gasteiger partial charge in [0.1, 0.15) is 0 Å². The number of amides is 2. The summed E-state index contributed by atoms with van der Waals surface area (Å²) in [5, 5.41) is 15.6. The molecule has 0 saturated carbocycles. The number of aliphatic hydroxyl groups excluding tert-OH is 1. The minimum absolute atomic E-state index is 0.234. The molecule has 0 aliphatic carbocycles. The fourth-order valence-electron chi connectivity index (χ4n) is 2.96. The molecule has 1 aliphatic heterocycles. The molecule has 2 amide bonds. The number of anilines is 1. The topological polar surface area (TPSA) is 64.6 Å². The molecule has 2 rings (SSSR count). The van der Waals surface area contributed by atoms with Crippen LogP contribution in [0.15, 0.2) is 36.4 Å². The van der Waals surface area contributed by atoms with E-state index in [9.17, 15) is 9.90 Å². The van der Waals surface area contributed by atoms with Crippen molar-refractivity contribution >= 4 is 11.7 Å². The maximum absolute atomic E-state index is 11.8. The predicted octanol–water partition coefficient (Wildman–Crippen LogP) is 2.66. The van der Waals surface area contributed by atoms with Crippen molar-refractivity contribution in [2.45, 2.75) is 39.3 Å². The molecule has 132 valence electrons. The van der Waals surface area contributed by atoms with Gasteiger partial charge in [0.25, 0.3) is 0 Å².